The van der Waals surface area contributed by atoms with Crippen LogP contribution in [-0.4, -0.2) is 12.7 Å². The molecule has 0 bridgehead atoms. The van der Waals surface area contributed by atoms with Crippen molar-refractivity contribution in [2.24, 2.45) is 0 Å². The van der Waals surface area contributed by atoms with Gasteiger partial charge in [0.2, 0.25) is 10.0 Å². The van der Waals surface area contributed by atoms with Gasteiger partial charge in [-0.1, -0.05) is 70.5 Å². The topological polar surface area (TPSA) is 37.4 Å². The van der Waals surface area contributed by atoms with Crippen molar-refractivity contribution in [3.8, 4) is 0 Å². The predicted octanol–water partition coefficient (Wildman–Crippen LogP) is 4.98. The SMILES string of the molecule is O=S(=O)(c1ccccc1F)N(Cc1ccccc1)Cc1ccc(Br)cc1. The molecule has 3 rings (SSSR count). The monoisotopic (exact) mass is 433 g/mol. The zero-order valence-corrected chi connectivity index (χ0v) is 16.3. The second kappa shape index (κ2) is 8.12. The van der Waals surface area contributed by atoms with Crippen molar-refractivity contribution >= 4 is 26.0 Å². The molecule has 0 saturated heterocycles. The van der Waals surface area contributed by atoms with Gasteiger partial charge in [-0.15, -0.1) is 0 Å². The molecule has 26 heavy (non-hydrogen) atoms. The molecule has 0 heterocycles. The van der Waals surface area contributed by atoms with Crippen LogP contribution in [0.15, 0.2) is 88.2 Å². The summed E-state index contributed by atoms with van der Waals surface area (Å²) in [5.41, 5.74) is 1.66. The zero-order chi connectivity index (χ0) is 18.6. The minimum absolute atomic E-state index is 0.152. The lowest BCUT2D eigenvalue weighted by Gasteiger charge is -2.23. The highest BCUT2D eigenvalue weighted by Crippen LogP contribution is 2.24. The largest absolute Gasteiger partial charge is 0.246 e. The van der Waals surface area contributed by atoms with Crippen LogP contribution in [0.5, 0.6) is 0 Å². The van der Waals surface area contributed by atoms with Crippen LogP contribution in [0.3, 0.4) is 0 Å². The summed E-state index contributed by atoms with van der Waals surface area (Å²) < 4.78 is 42.6. The fourth-order valence-corrected chi connectivity index (χ4v) is 4.34. The first-order valence-corrected chi connectivity index (χ1v) is 10.2. The maximum Gasteiger partial charge on any atom is 0.246 e. The van der Waals surface area contributed by atoms with Gasteiger partial charge in [0.1, 0.15) is 10.7 Å². The predicted molar refractivity (Wildman–Crippen MR) is 103 cm³/mol. The van der Waals surface area contributed by atoms with Gasteiger partial charge in [-0.3, -0.25) is 0 Å². The number of sulfonamides is 1. The molecule has 3 nitrogen and oxygen atoms in total. The number of nitrogens with zero attached hydrogens (tertiary/aromatic N) is 1. The molecule has 0 aliphatic carbocycles. The molecule has 0 amide bonds. The molecule has 0 aliphatic rings. The summed E-state index contributed by atoms with van der Waals surface area (Å²) >= 11 is 3.37. The Labute approximate surface area is 161 Å². The fourth-order valence-electron chi connectivity index (χ4n) is 2.60. The maximum absolute atomic E-state index is 14.2. The van der Waals surface area contributed by atoms with Gasteiger partial charge in [0.05, 0.1) is 0 Å². The van der Waals surface area contributed by atoms with E-state index in [0.717, 1.165) is 21.7 Å². The molecule has 6 heteroatoms. The smallest absolute Gasteiger partial charge is 0.207 e. The molecule has 0 aromatic heterocycles. The summed E-state index contributed by atoms with van der Waals surface area (Å²) in [4.78, 5) is -0.312. The van der Waals surface area contributed by atoms with E-state index in [0.29, 0.717) is 0 Å². The first-order valence-electron chi connectivity index (χ1n) is 8.00. The summed E-state index contributed by atoms with van der Waals surface area (Å²) in [5, 5.41) is 0. The Bertz CT molecular complexity index is 976. The molecule has 0 N–H and O–H groups in total. The van der Waals surface area contributed by atoms with Crippen LogP contribution >= 0.6 is 15.9 Å². The number of benzene rings is 3. The van der Waals surface area contributed by atoms with Crippen LogP contribution in [0.1, 0.15) is 11.1 Å². The van der Waals surface area contributed by atoms with Gasteiger partial charge in [0, 0.05) is 17.6 Å². The first kappa shape index (κ1) is 18.8. The Kier molecular flexibility index (Phi) is 5.86. The van der Waals surface area contributed by atoms with Crippen molar-refractivity contribution < 1.29 is 12.8 Å². The normalized spacial score (nSPS) is 11.7. The van der Waals surface area contributed by atoms with E-state index in [1.54, 1.807) is 0 Å². The summed E-state index contributed by atoms with van der Waals surface area (Å²) in [6.45, 7) is 0.312. The summed E-state index contributed by atoms with van der Waals surface area (Å²) in [6.07, 6.45) is 0. The van der Waals surface area contributed by atoms with Gasteiger partial charge in [-0.25, -0.2) is 12.8 Å². The third-order valence-electron chi connectivity index (χ3n) is 3.93. The standard InChI is InChI=1S/C20H17BrFNO2S/c21-18-12-10-17(11-13-18)15-23(14-16-6-2-1-3-7-16)26(24,25)20-9-5-4-8-19(20)22/h1-13H,14-15H2. The second-order valence-corrected chi connectivity index (χ2v) is 8.64. The van der Waals surface area contributed by atoms with Crippen molar-refractivity contribution in [2.75, 3.05) is 0 Å². The van der Waals surface area contributed by atoms with Gasteiger partial charge >= 0.3 is 0 Å². The lowest BCUT2D eigenvalue weighted by molar-refractivity contribution is 0.397. The molecular formula is C20H17BrFNO2S. The molecule has 0 atom stereocenters. The Morgan fingerprint density at radius 2 is 1.31 bits per heavy atom. The average molecular weight is 434 g/mol. The average Bonchev–Trinajstić information content (AvgIpc) is 2.64. The minimum atomic E-state index is -3.99. The molecule has 0 spiro atoms. The van der Waals surface area contributed by atoms with Crippen molar-refractivity contribution in [3.63, 3.8) is 0 Å². The zero-order valence-electron chi connectivity index (χ0n) is 13.8. The third-order valence-corrected chi connectivity index (χ3v) is 6.28. The molecular weight excluding hydrogens is 417 g/mol. The number of halogens is 2. The van der Waals surface area contributed by atoms with Crippen LogP contribution in [0, 0.1) is 5.82 Å². The molecule has 0 radical (unpaired) electrons. The van der Waals surface area contributed by atoms with Crippen molar-refractivity contribution in [1.29, 1.82) is 0 Å². The Hall–Kier alpha value is -2.02. The highest BCUT2D eigenvalue weighted by Gasteiger charge is 2.27. The quantitative estimate of drug-likeness (QED) is 0.549. The van der Waals surface area contributed by atoms with Crippen LogP contribution < -0.4 is 0 Å². The molecule has 3 aromatic carbocycles. The van der Waals surface area contributed by atoms with E-state index < -0.39 is 15.8 Å². The summed E-state index contributed by atoms with van der Waals surface area (Å²) in [6, 6.07) is 22.1. The first-order chi connectivity index (χ1) is 12.5. The minimum Gasteiger partial charge on any atom is -0.207 e. The summed E-state index contributed by atoms with van der Waals surface area (Å²) in [7, 11) is -3.99. The Morgan fingerprint density at radius 1 is 0.769 bits per heavy atom. The lowest BCUT2D eigenvalue weighted by Crippen LogP contribution is -2.31. The Balaban J connectivity index is 1.99. The maximum atomic E-state index is 14.2. The van der Waals surface area contributed by atoms with Gasteiger partial charge in [0.15, 0.2) is 0 Å². The third kappa shape index (κ3) is 4.38. The van der Waals surface area contributed by atoms with Crippen molar-refractivity contribution in [2.45, 2.75) is 18.0 Å². The molecule has 0 aliphatic heterocycles. The fraction of sp³-hybridized carbons (Fsp3) is 0.100. The lowest BCUT2D eigenvalue weighted by atomic mass is 10.2. The van der Waals surface area contributed by atoms with Crippen molar-refractivity contribution in [3.05, 3.63) is 100 Å². The van der Waals surface area contributed by atoms with E-state index in [-0.39, 0.29) is 18.0 Å². The van der Waals surface area contributed by atoms with Crippen LogP contribution in [0.4, 0.5) is 4.39 Å². The number of rotatable bonds is 6. The van der Waals surface area contributed by atoms with E-state index in [1.165, 1.54) is 22.5 Å². The van der Waals surface area contributed by atoms with Gasteiger partial charge in [0.25, 0.3) is 0 Å². The van der Waals surface area contributed by atoms with Gasteiger partial charge < -0.3 is 0 Å². The van der Waals surface area contributed by atoms with Crippen LogP contribution in [0.25, 0.3) is 0 Å². The van der Waals surface area contributed by atoms with Crippen LogP contribution in [0.2, 0.25) is 0 Å². The van der Waals surface area contributed by atoms with Crippen LogP contribution in [-0.2, 0) is 23.1 Å². The summed E-state index contributed by atoms with van der Waals surface area (Å²) in [5.74, 6) is -0.749. The van der Waals surface area contributed by atoms with E-state index in [4.69, 9.17) is 0 Å². The molecule has 3 aromatic rings. The van der Waals surface area contributed by atoms with Crippen molar-refractivity contribution in [1.82, 2.24) is 4.31 Å². The van der Waals surface area contributed by atoms with E-state index in [1.807, 2.05) is 54.6 Å². The highest BCUT2D eigenvalue weighted by atomic mass is 79.9. The van der Waals surface area contributed by atoms with E-state index in [9.17, 15) is 12.8 Å². The van der Waals surface area contributed by atoms with Gasteiger partial charge in [-0.05, 0) is 35.4 Å². The molecule has 0 saturated carbocycles. The van der Waals surface area contributed by atoms with E-state index >= 15 is 0 Å². The molecule has 0 unspecified atom stereocenters. The van der Waals surface area contributed by atoms with E-state index in [2.05, 4.69) is 15.9 Å². The number of hydrogen-bond acceptors (Lipinski definition) is 2. The molecule has 134 valence electrons. The molecule has 0 fully saturated rings. The second-order valence-electron chi connectivity index (χ2n) is 5.82. The Morgan fingerprint density at radius 3 is 1.92 bits per heavy atom. The van der Waals surface area contributed by atoms with Gasteiger partial charge in [-0.2, -0.15) is 4.31 Å². The highest BCUT2D eigenvalue weighted by molar-refractivity contribution is 9.10. The number of hydrogen-bond donors (Lipinski definition) is 0.